The number of ether oxygens (including phenoxy) is 2. The molecule has 0 aliphatic heterocycles. The molecule has 0 fully saturated rings. The highest BCUT2D eigenvalue weighted by Crippen LogP contribution is 2.21. The maximum atomic E-state index is 7.41. The molecule has 0 rings (SSSR count). The van der Waals surface area contributed by atoms with Gasteiger partial charge in [0.2, 0.25) is 0 Å². The first-order valence-corrected chi connectivity index (χ1v) is 6.00. The van der Waals surface area contributed by atoms with Crippen LogP contribution < -0.4 is 5.73 Å². The summed E-state index contributed by atoms with van der Waals surface area (Å²) in [5.41, 5.74) is 5.28. The Bertz CT molecular complexity index is 193. The number of amidine groups is 1. The monoisotopic (exact) mass is 230 g/mol. The Balaban J connectivity index is 3.30. The van der Waals surface area contributed by atoms with E-state index in [1.54, 1.807) is 0 Å². The summed E-state index contributed by atoms with van der Waals surface area (Å²) < 4.78 is 10.7. The molecule has 0 aromatic heterocycles. The number of rotatable bonds is 10. The lowest BCUT2D eigenvalue weighted by atomic mass is 9.87. The van der Waals surface area contributed by atoms with Crippen molar-refractivity contribution in [2.24, 2.45) is 11.1 Å². The molecule has 0 spiro atoms. The summed E-state index contributed by atoms with van der Waals surface area (Å²) in [7, 11) is 0. The van der Waals surface area contributed by atoms with Crippen LogP contribution in [0, 0.1) is 10.8 Å². The Morgan fingerprint density at radius 3 is 2.19 bits per heavy atom. The van der Waals surface area contributed by atoms with Crippen LogP contribution in [-0.4, -0.2) is 32.3 Å². The highest BCUT2D eigenvalue weighted by atomic mass is 16.5. The predicted octanol–water partition coefficient (Wildman–Crippen LogP) is 2.17. The number of hydrogen-bond donors (Lipinski definition) is 2. The summed E-state index contributed by atoms with van der Waals surface area (Å²) in [6, 6.07) is 0. The van der Waals surface area contributed by atoms with E-state index in [-0.39, 0.29) is 11.3 Å². The number of hydrogen-bond acceptors (Lipinski definition) is 3. The Morgan fingerprint density at radius 2 is 1.69 bits per heavy atom. The van der Waals surface area contributed by atoms with Gasteiger partial charge in [0.05, 0.1) is 19.0 Å². The largest absolute Gasteiger partial charge is 0.387 e. The summed E-state index contributed by atoms with van der Waals surface area (Å²) in [6.07, 6.45) is 2.87. The highest BCUT2D eigenvalue weighted by molar-refractivity contribution is 5.82. The maximum absolute atomic E-state index is 7.41. The topological polar surface area (TPSA) is 68.3 Å². The predicted molar refractivity (Wildman–Crippen MR) is 66.9 cm³/mol. The third kappa shape index (κ3) is 7.65. The molecular weight excluding hydrogens is 204 g/mol. The SMILES string of the molecule is CCCOCCOCCCC(C)(C)C(=N)N. The van der Waals surface area contributed by atoms with Gasteiger partial charge >= 0.3 is 0 Å². The van der Waals surface area contributed by atoms with Crippen LogP contribution in [0.3, 0.4) is 0 Å². The van der Waals surface area contributed by atoms with E-state index in [0.29, 0.717) is 19.8 Å². The van der Waals surface area contributed by atoms with Crippen molar-refractivity contribution in [3.05, 3.63) is 0 Å². The second-order valence-electron chi connectivity index (χ2n) is 4.63. The minimum Gasteiger partial charge on any atom is -0.387 e. The summed E-state index contributed by atoms with van der Waals surface area (Å²) in [5, 5.41) is 7.41. The third-order valence-electron chi connectivity index (χ3n) is 2.54. The second-order valence-corrected chi connectivity index (χ2v) is 4.63. The lowest BCUT2D eigenvalue weighted by Crippen LogP contribution is -2.31. The molecule has 16 heavy (non-hydrogen) atoms. The first-order valence-electron chi connectivity index (χ1n) is 6.00. The molecule has 0 heterocycles. The van der Waals surface area contributed by atoms with E-state index in [1.807, 2.05) is 13.8 Å². The normalized spacial score (nSPS) is 11.7. The van der Waals surface area contributed by atoms with Gasteiger partial charge in [0.25, 0.3) is 0 Å². The molecule has 0 aliphatic carbocycles. The smallest absolute Gasteiger partial charge is 0.0963 e. The van der Waals surface area contributed by atoms with Crippen LogP contribution in [0.1, 0.15) is 40.0 Å². The van der Waals surface area contributed by atoms with Crippen molar-refractivity contribution in [3.63, 3.8) is 0 Å². The van der Waals surface area contributed by atoms with E-state index < -0.39 is 0 Å². The first-order chi connectivity index (χ1) is 7.50. The van der Waals surface area contributed by atoms with Crippen molar-refractivity contribution in [2.75, 3.05) is 26.4 Å². The van der Waals surface area contributed by atoms with Crippen molar-refractivity contribution >= 4 is 5.84 Å². The van der Waals surface area contributed by atoms with Crippen LogP contribution >= 0.6 is 0 Å². The van der Waals surface area contributed by atoms with Gasteiger partial charge < -0.3 is 15.2 Å². The molecule has 4 nitrogen and oxygen atoms in total. The van der Waals surface area contributed by atoms with Crippen molar-refractivity contribution in [3.8, 4) is 0 Å². The van der Waals surface area contributed by atoms with E-state index in [9.17, 15) is 0 Å². The summed E-state index contributed by atoms with van der Waals surface area (Å²) in [6.45, 7) is 8.90. The van der Waals surface area contributed by atoms with Crippen LogP contribution in [-0.2, 0) is 9.47 Å². The van der Waals surface area contributed by atoms with Crippen molar-refractivity contribution in [1.29, 1.82) is 5.41 Å². The fraction of sp³-hybridized carbons (Fsp3) is 0.917. The fourth-order valence-corrected chi connectivity index (χ4v) is 1.22. The third-order valence-corrected chi connectivity index (χ3v) is 2.54. The molecule has 96 valence electrons. The first kappa shape index (κ1) is 15.4. The molecule has 0 atom stereocenters. The molecule has 0 unspecified atom stereocenters. The molecular formula is C12H26N2O2. The minimum absolute atomic E-state index is 0.206. The molecule has 0 aliphatic rings. The average Bonchev–Trinajstić information content (AvgIpc) is 2.21. The van der Waals surface area contributed by atoms with Gasteiger partial charge in [-0.2, -0.15) is 0 Å². The van der Waals surface area contributed by atoms with E-state index in [2.05, 4.69) is 6.92 Å². The Morgan fingerprint density at radius 1 is 1.12 bits per heavy atom. The van der Waals surface area contributed by atoms with E-state index in [0.717, 1.165) is 25.9 Å². The molecule has 0 aromatic rings. The fourth-order valence-electron chi connectivity index (χ4n) is 1.22. The van der Waals surface area contributed by atoms with Gasteiger partial charge in [-0.1, -0.05) is 20.8 Å². The summed E-state index contributed by atoms with van der Waals surface area (Å²) in [5.74, 6) is 0.249. The Labute approximate surface area is 99.0 Å². The summed E-state index contributed by atoms with van der Waals surface area (Å²) >= 11 is 0. The van der Waals surface area contributed by atoms with Crippen molar-refractivity contribution < 1.29 is 9.47 Å². The van der Waals surface area contributed by atoms with E-state index >= 15 is 0 Å². The van der Waals surface area contributed by atoms with Crippen LogP contribution in [0.15, 0.2) is 0 Å². The second kappa shape index (κ2) is 8.53. The molecule has 0 amide bonds. The molecule has 0 aromatic carbocycles. The van der Waals surface area contributed by atoms with Gasteiger partial charge in [-0.15, -0.1) is 0 Å². The van der Waals surface area contributed by atoms with Crippen LogP contribution in [0.5, 0.6) is 0 Å². The Hall–Kier alpha value is -0.610. The quantitative estimate of drug-likeness (QED) is 0.343. The molecule has 0 saturated heterocycles. The minimum atomic E-state index is -0.206. The zero-order chi connectivity index (χ0) is 12.4. The van der Waals surface area contributed by atoms with Crippen LogP contribution in [0.4, 0.5) is 0 Å². The number of nitrogens with two attached hydrogens (primary N) is 1. The van der Waals surface area contributed by atoms with Crippen LogP contribution in [0.25, 0.3) is 0 Å². The zero-order valence-electron chi connectivity index (χ0n) is 10.8. The van der Waals surface area contributed by atoms with E-state index in [4.69, 9.17) is 20.6 Å². The van der Waals surface area contributed by atoms with Gasteiger partial charge in [0.15, 0.2) is 0 Å². The van der Waals surface area contributed by atoms with Crippen molar-refractivity contribution in [1.82, 2.24) is 0 Å². The highest BCUT2D eigenvalue weighted by Gasteiger charge is 2.20. The van der Waals surface area contributed by atoms with E-state index in [1.165, 1.54) is 0 Å². The maximum Gasteiger partial charge on any atom is 0.0963 e. The molecule has 4 heteroatoms. The molecule has 3 N–H and O–H groups in total. The van der Waals surface area contributed by atoms with Gasteiger partial charge in [0.1, 0.15) is 0 Å². The molecule has 0 bridgehead atoms. The average molecular weight is 230 g/mol. The van der Waals surface area contributed by atoms with Gasteiger partial charge in [-0.25, -0.2) is 0 Å². The van der Waals surface area contributed by atoms with Gasteiger partial charge in [-0.3, -0.25) is 5.41 Å². The lowest BCUT2D eigenvalue weighted by Gasteiger charge is -2.22. The number of nitrogens with one attached hydrogen (secondary N) is 1. The van der Waals surface area contributed by atoms with Crippen molar-refractivity contribution in [2.45, 2.75) is 40.0 Å². The Kier molecular flexibility index (Phi) is 8.21. The van der Waals surface area contributed by atoms with Crippen LogP contribution in [0.2, 0.25) is 0 Å². The van der Waals surface area contributed by atoms with Gasteiger partial charge in [0, 0.05) is 18.6 Å². The summed E-state index contributed by atoms with van der Waals surface area (Å²) in [4.78, 5) is 0. The zero-order valence-corrected chi connectivity index (χ0v) is 10.8. The van der Waals surface area contributed by atoms with Gasteiger partial charge in [-0.05, 0) is 19.3 Å². The standard InChI is InChI=1S/C12H26N2O2/c1-4-7-15-9-10-16-8-5-6-12(2,3)11(13)14/h4-10H2,1-3H3,(H3,13,14). The lowest BCUT2D eigenvalue weighted by molar-refractivity contribution is 0.0452. The molecule has 0 saturated carbocycles. The molecule has 0 radical (unpaired) electrons.